The van der Waals surface area contributed by atoms with Crippen molar-refractivity contribution in [2.75, 3.05) is 6.26 Å². The Morgan fingerprint density at radius 3 is 2.46 bits per heavy atom. The molecule has 2 heterocycles. The zero-order valence-electron chi connectivity index (χ0n) is 20.8. The summed E-state index contributed by atoms with van der Waals surface area (Å²) in [4.78, 5) is 13.8. The fourth-order valence-electron chi connectivity index (χ4n) is 4.41. The number of aromatic nitrogens is 3. The van der Waals surface area contributed by atoms with E-state index in [2.05, 4.69) is 10.3 Å². The van der Waals surface area contributed by atoms with Crippen LogP contribution in [-0.2, 0) is 23.5 Å². The van der Waals surface area contributed by atoms with Crippen molar-refractivity contribution in [1.82, 2.24) is 14.9 Å². The SMILES string of the molecule is Cc1cc(-c2c(S(C)(=O)=O)ccc(C(=O)c3cnn(C)c3OCc3ccc4ccccc4c3)c2C)on1. The summed E-state index contributed by atoms with van der Waals surface area (Å²) in [5.41, 5.74) is 2.93. The molecule has 0 aliphatic heterocycles. The highest BCUT2D eigenvalue weighted by Gasteiger charge is 2.27. The van der Waals surface area contributed by atoms with Crippen molar-refractivity contribution in [3.63, 3.8) is 0 Å². The maximum Gasteiger partial charge on any atom is 0.223 e. The Kier molecular flexibility index (Phi) is 6.16. The molecule has 0 amide bonds. The van der Waals surface area contributed by atoms with E-state index in [-0.39, 0.29) is 28.6 Å². The van der Waals surface area contributed by atoms with Gasteiger partial charge in [-0.15, -0.1) is 0 Å². The number of aryl methyl sites for hydroxylation is 2. The molecule has 9 heteroatoms. The van der Waals surface area contributed by atoms with Gasteiger partial charge in [0.2, 0.25) is 5.88 Å². The zero-order chi connectivity index (χ0) is 26.3. The van der Waals surface area contributed by atoms with Crippen molar-refractivity contribution in [2.24, 2.45) is 7.05 Å². The molecular weight excluding hydrogens is 490 g/mol. The topological polar surface area (TPSA) is 104 Å². The summed E-state index contributed by atoms with van der Waals surface area (Å²) < 4.78 is 38.0. The van der Waals surface area contributed by atoms with E-state index in [1.54, 1.807) is 27.0 Å². The van der Waals surface area contributed by atoms with Crippen LogP contribution in [-0.4, -0.2) is 35.4 Å². The second-order valence-corrected chi connectivity index (χ2v) is 11.0. The van der Waals surface area contributed by atoms with Gasteiger partial charge in [-0.05, 0) is 53.9 Å². The van der Waals surface area contributed by atoms with Crippen LogP contribution in [0.25, 0.3) is 22.1 Å². The molecule has 37 heavy (non-hydrogen) atoms. The second kappa shape index (κ2) is 9.33. The van der Waals surface area contributed by atoms with Gasteiger partial charge in [-0.2, -0.15) is 5.10 Å². The van der Waals surface area contributed by atoms with Gasteiger partial charge in [0.1, 0.15) is 12.2 Å². The number of sulfone groups is 1. The quantitative estimate of drug-likeness (QED) is 0.279. The Labute approximate surface area is 214 Å². The van der Waals surface area contributed by atoms with Crippen molar-refractivity contribution in [1.29, 1.82) is 0 Å². The van der Waals surface area contributed by atoms with Crippen LogP contribution in [0.5, 0.6) is 5.88 Å². The van der Waals surface area contributed by atoms with Crippen LogP contribution in [0.15, 0.2) is 76.3 Å². The first-order valence-electron chi connectivity index (χ1n) is 11.6. The number of ether oxygens (including phenoxy) is 1. The van der Waals surface area contributed by atoms with Gasteiger partial charge in [-0.25, -0.2) is 13.1 Å². The second-order valence-electron chi connectivity index (χ2n) is 9.00. The third kappa shape index (κ3) is 4.65. The standard InChI is InChI=1S/C28H25N3O5S/c1-17-13-24(36-30-17)26-18(2)22(11-12-25(26)37(4,33)34)27(32)23-15-29-31(3)28(23)35-16-19-9-10-20-7-5-6-8-21(20)14-19/h5-15H,16H2,1-4H3. The molecule has 0 aliphatic rings. The molecule has 0 unspecified atom stereocenters. The number of ketones is 1. The fourth-order valence-corrected chi connectivity index (χ4v) is 5.35. The molecule has 2 aromatic heterocycles. The third-order valence-corrected chi connectivity index (χ3v) is 7.40. The van der Waals surface area contributed by atoms with Gasteiger partial charge in [-0.1, -0.05) is 41.6 Å². The smallest absolute Gasteiger partial charge is 0.223 e. The summed E-state index contributed by atoms with van der Waals surface area (Å²) >= 11 is 0. The van der Waals surface area contributed by atoms with Crippen LogP contribution < -0.4 is 4.74 Å². The van der Waals surface area contributed by atoms with Crippen molar-refractivity contribution < 1.29 is 22.5 Å². The number of carbonyl (C=O) groups is 1. The highest BCUT2D eigenvalue weighted by atomic mass is 32.2. The van der Waals surface area contributed by atoms with E-state index < -0.39 is 9.84 Å². The number of nitrogens with zero attached hydrogens (tertiary/aromatic N) is 3. The van der Waals surface area contributed by atoms with E-state index in [1.807, 2.05) is 42.5 Å². The molecule has 5 aromatic rings. The number of hydrogen-bond donors (Lipinski definition) is 0. The maximum atomic E-state index is 13.7. The van der Waals surface area contributed by atoms with Gasteiger partial charge in [-0.3, -0.25) is 4.79 Å². The van der Waals surface area contributed by atoms with Gasteiger partial charge < -0.3 is 9.26 Å². The number of fused-ring (bicyclic) bond motifs is 1. The largest absolute Gasteiger partial charge is 0.472 e. The molecular formula is C28H25N3O5S. The average Bonchev–Trinajstić information content (AvgIpc) is 3.46. The minimum atomic E-state index is -3.60. The molecule has 0 spiro atoms. The van der Waals surface area contributed by atoms with Crippen LogP contribution in [0, 0.1) is 13.8 Å². The molecule has 8 nitrogen and oxygen atoms in total. The average molecular weight is 516 g/mol. The molecule has 0 radical (unpaired) electrons. The van der Waals surface area contributed by atoms with E-state index in [0.29, 0.717) is 28.3 Å². The van der Waals surface area contributed by atoms with Crippen molar-refractivity contribution in [2.45, 2.75) is 25.3 Å². The van der Waals surface area contributed by atoms with E-state index in [1.165, 1.54) is 23.0 Å². The molecule has 0 fully saturated rings. The minimum absolute atomic E-state index is 0.0664. The van der Waals surface area contributed by atoms with Gasteiger partial charge in [0, 0.05) is 30.5 Å². The molecule has 0 bridgehead atoms. The predicted octanol–water partition coefficient (Wildman–Crippen LogP) is 5.06. The van der Waals surface area contributed by atoms with E-state index in [9.17, 15) is 13.2 Å². The summed E-state index contributed by atoms with van der Waals surface area (Å²) in [5.74, 6) is 0.266. The Bertz CT molecular complexity index is 1770. The van der Waals surface area contributed by atoms with Gasteiger partial charge in [0.25, 0.3) is 0 Å². The summed E-state index contributed by atoms with van der Waals surface area (Å²) in [7, 11) is -1.90. The van der Waals surface area contributed by atoms with Crippen LogP contribution >= 0.6 is 0 Å². The number of rotatable bonds is 7. The van der Waals surface area contributed by atoms with Crippen molar-refractivity contribution in [3.05, 3.63) is 94.8 Å². The number of carbonyl (C=O) groups excluding carboxylic acids is 1. The molecule has 0 atom stereocenters. The number of hydrogen-bond acceptors (Lipinski definition) is 7. The Balaban J connectivity index is 1.51. The summed E-state index contributed by atoms with van der Waals surface area (Å²) in [6.45, 7) is 3.69. The van der Waals surface area contributed by atoms with Crippen molar-refractivity contribution in [3.8, 4) is 17.2 Å². The first kappa shape index (κ1) is 24.5. The fraction of sp³-hybridized carbons (Fsp3) is 0.179. The molecule has 0 aliphatic carbocycles. The minimum Gasteiger partial charge on any atom is -0.472 e. The summed E-state index contributed by atoms with van der Waals surface area (Å²) in [6, 6.07) is 18.7. The molecule has 0 saturated carbocycles. The lowest BCUT2D eigenvalue weighted by atomic mass is 9.95. The lowest BCUT2D eigenvalue weighted by Crippen LogP contribution is -2.10. The van der Waals surface area contributed by atoms with Gasteiger partial charge >= 0.3 is 0 Å². The van der Waals surface area contributed by atoms with Crippen LogP contribution in [0.1, 0.15) is 32.7 Å². The van der Waals surface area contributed by atoms with Crippen molar-refractivity contribution >= 4 is 26.4 Å². The number of benzene rings is 3. The lowest BCUT2D eigenvalue weighted by Gasteiger charge is -2.14. The van der Waals surface area contributed by atoms with Crippen LogP contribution in [0.3, 0.4) is 0 Å². The molecule has 188 valence electrons. The molecule has 3 aromatic carbocycles. The summed E-state index contributed by atoms with van der Waals surface area (Å²) in [6.07, 6.45) is 2.58. The van der Waals surface area contributed by atoms with Crippen LogP contribution in [0.4, 0.5) is 0 Å². The highest BCUT2D eigenvalue weighted by molar-refractivity contribution is 7.90. The Morgan fingerprint density at radius 2 is 1.76 bits per heavy atom. The van der Waals surface area contributed by atoms with E-state index in [4.69, 9.17) is 9.26 Å². The van der Waals surface area contributed by atoms with E-state index >= 15 is 0 Å². The zero-order valence-corrected chi connectivity index (χ0v) is 21.7. The first-order valence-corrected chi connectivity index (χ1v) is 13.5. The third-order valence-electron chi connectivity index (χ3n) is 6.26. The predicted molar refractivity (Wildman–Crippen MR) is 139 cm³/mol. The monoisotopic (exact) mass is 515 g/mol. The normalized spacial score (nSPS) is 11.7. The molecule has 0 N–H and O–H groups in total. The Hall–Kier alpha value is -4.24. The van der Waals surface area contributed by atoms with E-state index in [0.717, 1.165) is 22.6 Å². The Morgan fingerprint density at radius 1 is 1.00 bits per heavy atom. The van der Waals surface area contributed by atoms with Crippen LogP contribution in [0.2, 0.25) is 0 Å². The molecule has 5 rings (SSSR count). The summed E-state index contributed by atoms with van der Waals surface area (Å²) in [5, 5.41) is 10.4. The lowest BCUT2D eigenvalue weighted by molar-refractivity contribution is 0.103. The van der Waals surface area contributed by atoms with Gasteiger partial charge in [0.05, 0.1) is 16.8 Å². The van der Waals surface area contributed by atoms with Gasteiger partial charge in [0.15, 0.2) is 21.4 Å². The first-order chi connectivity index (χ1) is 17.6. The maximum absolute atomic E-state index is 13.7. The molecule has 0 saturated heterocycles. The highest BCUT2D eigenvalue weighted by Crippen LogP contribution is 2.35.